The number of rotatable bonds is 6. The van der Waals surface area contributed by atoms with Gasteiger partial charge < -0.3 is 14.8 Å². The molecule has 5 nitrogen and oxygen atoms in total. The molecule has 0 radical (unpaired) electrons. The fraction of sp³-hybridized carbons (Fsp3) is 0.0476. The molecule has 0 bridgehead atoms. The van der Waals surface area contributed by atoms with Crippen LogP contribution in [0.2, 0.25) is 5.02 Å². The maximum atomic E-state index is 13.1. The highest BCUT2D eigenvalue weighted by Gasteiger charge is 2.12. The number of ether oxygens (including phenoxy) is 2. The van der Waals surface area contributed by atoms with Crippen molar-refractivity contribution in [3.63, 3.8) is 0 Å². The summed E-state index contributed by atoms with van der Waals surface area (Å²) in [6, 6.07) is 19.3. The maximum Gasteiger partial charge on any atom is 0.338 e. The molecule has 0 fully saturated rings. The zero-order chi connectivity index (χ0) is 19.9. The first-order valence-electron chi connectivity index (χ1n) is 8.26. The van der Waals surface area contributed by atoms with Gasteiger partial charge in [0.15, 0.2) is 6.61 Å². The Morgan fingerprint density at radius 2 is 1.68 bits per heavy atom. The Morgan fingerprint density at radius 3 is 2.43 bits per heavy atom. The highest BCUT2D eigenvalue weighted by atomic mass is 35.5. The van der Waals surface area contributed by atoms with E-state index in [9.17, 15) is 14.0 Å². The summed E-state index contributed by atoms with van der Waals surface area (Å²) >= 11 is 5.65. The van der Waals surface area contributed by atoms with E-state index in [0.29, 0.717) is 17.2 Å². The number of nitrogens with one attached hydrogen (secondary N) is 1. The van der Waals surface area contributed by atoms with Gasteiger partial charge in [0.05, 0.1) is 10.6 Å². The van der Waals surface area contributed by atoms with Gasteiger partial charge in [-0.2, -0.15) is 0 Å². The van der Waals surface area contributed by atoms with Crippen molar-refractivity contribution in [1.29, 1.82) is 0 Å². The Morgan fingerprint density at radius 1 is 0.929 bits per heavy atom. The first kappa shape index (κ1) is 19.4. The molecule has 0 aliphatic heterocycles. The average molecular weight is 400 g/mol. The summed E-state index contributed by atoms with van der Waals surface area (Å²) in [5.74, 6) is -0.751. The van der Waals surface area contributed by atoms with Crippen LogP contribution in [0.3, 0.4) is 0 Å². The Labute approximate surface area is 165 Å². The minimum absolute atomic E-state index is 0.120. The second-order valence-corrected chi connectivity index (χ2v) is 6.10. The van der Waals surface area contributed by atoms with Gasteiger partial charge in [0.2, 0.25) is 0 Å². The predicted molar refractivity (Wildman–Crippen MR) is 103 cm³/mol. The summed E-state index contributed by atoms with van der Waals surface area (Å²) in [4.78, 5) is 24.1. The monoisotopic (exact) mass is 399 g/mol. The number of anilines is 1. The summed E-state index contributed by atoms with van der Waals surface area (Å²) in [7, 11) is 0. The number of carbonyl (C=O) groups is 2. The third-order valence-corrected chi connectivity index (χ3v) is 3.88. The molecule has 1 amide bonds. The molecular weight excluding hydrogens is 385 g/mol. The summed E-state index contributed by atoms with van der Waals surface area (Å²) < 4.78 is 23.8. The van der Waals surface area contributed by atoms with E-state index < -0.39 is 24.3 Å². The third kappa shape index (κ3) is 5.31. The van der Waals surface area contributed by atoms with Gasteiger partial charge >= 0.3 is 5.97 Å². The fourth-order valence-electron chi connectivity index (χ4n) is 2.30. The maximum absolute atomic E-state index is 13.1. The molecule has 0 unspecified atom stereocenters. The van der Waals surface area contributed by atoms with E-state index in [2.05, 4.69) is 5.32 Å². The van der Waals surface area contributed by atoms with Crippen LogP contribution in [-0.2, 0) is 9.53 Å². The molecule has 142 valence electrons. The summed E-state index contributed by atoms with van der Waals surface area (Å²) in [5, 5.41) is 2.35. The molecule has 3 rings (SSSR count). The van der Waals surface area contributed by atoms with Crippen LogP contribution in [0.1, 0.15) is 10.4 Å². The summed E-state index contributed by atoms with van der Waals surface area (Å²) in [6.07, 6.45) is 0. The van der Waals surface area contributed by atoms with Gasteiger partial charge in [0, 0.05) is 5.69 Å². The van der Waals surface area contributed by atoms with E-state index in [1.54, 1.807) is 30.3 Å². The highest BCUT2D eigenvalue weighted by Crippen LogP contribution is 2.22. The molecule has 0 aliphatic rings. The molecule has 0 saturated carbocycles. The zero-order valence-electron chi connectivity index (χ0n) is 14.5. The van der Waals surface area contributed by atoms with Crippen LogP contribution >= 0.6 is 11.6 Å². The second kappa shape index (κ2) is 9.01. The Balaban J connectivity index is 1.56. The van der Waals surface area contributed by atoms with Crippen LogP contribution in [0.5, 0.6) is 11.5 Å². The molecule has 0 saturated heterocycles. The van der Waals surface area contributed by atoms with Crippen LogP contribution in [-0.4, -0.2) is 18.5 Å². The van der Waals surface area contributed by atoms with Gasteiger partial charge in [-0.1, -0.05) is 35.9 Å². The van der Waals surface area contributed by atoms with Crippen molar-refractivity contribution in [2.45, 2.75) is 0 Å². The van der Waals surface area contributed by atoms with Crippen LogP contribution in [0, 0.1) is 5.82 Å². The van der Waals surface area contributed by atoms with E-state index in [-0.39, 0.29) is 10.6 Å². The first-order chi connectivity index (χ1) is 13.5. The molecule has 1 N–H and O–H groups in total. The lowest BCUT2D eigenvalue weighted by molar-refractivity contribution is -0.119. The average Bonchev–Trinajstić information content (AvgIpc) is 2.70. The van der Waals surface area contributed by atoms with Crippen molar-refractivity contribution in [1.82, 2.24) is 0 Å². The summed E-state index contributed by atoms with van der Waals surface area (Å²) in [6.45, 7) is -0.502. The lowest BCUT2D eigenvalue weighted by Gasteiger charge is -2.09. The molecule has 3 aromatic carbocycles. The molecule has 0 atom stereocenters. The summed E-state index contributed by atoms with van der Waals surface area (Å²) in [5.41, 5.74) is 0.539. The normalized spacial score (nSPS) is 10.2. The van der Waals surface area contributed by atoms with E-state index in [1.807, 2.05) is 18.2 Å². The van der Waals surface area contributed by atoms with Crippen molar-refractivity contribution < 1.29 is 23.5 Å². The number of esters is 1. The number of carbonyl (C=O) groups excluding carboxylic acids is 2. The minimum atomic E-state index is -0.675. The number of amides is 1. The van der Waals surface area contributed by atoms with E-state index in [4.69, 9.17) is 21.1 Å². The standard InChI is InChI=1S/C21H15ClFNO4/c22-18-12-15(9-10-19(18)23)24-20(25)13-27-21(26)14-5-4-8-17(11-14)28-16-6-2-1-3-7-16/h1-12H,13H2,(H,24,25). The van der Waals surface area contributed by atoms with Crippen molar-refractivity contribution >= 4 is 29.2 Å². The second-order valence-electron chi connectivity index (χ2n) is 5.70. The lowest BCUT2D eigenvalue weighted by Crippen LogP contribution is -2.21. The molecule has 0 aliphatic carbocycles. The fourth-order valence-corrected chi connectivity index (χ4v) is 2.48. The number of benzene rings is 3. The minimum Gasteiger partial charge on any atom is -0.457 e. The van der Waals surface area contributed by atoms with Crippen molar-refractivity contribution in [3.05, 3.63) is 89.2 Å². The highest BCUT2D eigenvalue weighted by molar-refractivity contribution is 6.31. The van der Waals surface area contributed by atoms with Gasteiger partial charge in [-0.05, 0) is 48.5 Å². The molecule has 0 heterocycles. The third-order valence-electron chi connectivity index (χ3n) is 3.59. The quantitative estimate of drug-likeness (QED) is 0.588. The number of para-hydroxylation sites is 1. The van der Waals surface area contributed by atoms with Crippen molar-refractivity contribution in [2.75, 3.05) is 11.9 Å². The van der Waals surface area contributed by atoms with Crippen molar-refractivity contribution in [3.8, 4) is 11.5 Å². The van der Waals surface area contributed by atoms with Crippen LogP contribution in [0.25, 0.3) is 0 Å². The number of hydrogen-bond donors (Lipinski definition) is 1. The Hall–Kier alpha value is -3.38. The van der Waals surface area contributed by atoms with Crippen LogP contribution < -0.4 is 10.1 Å². The molecule has 7 heteroatoms. The topological polar surface area (TPSA) is 64.6 Å². The SMILES string of the molecule is O=C(COC(=O)c1cccc(Oc2ccccc2)c1)Nc1ccc(F)c(Cl)c1. The van der Waals surface area contributed by atoms with Crippen molar-refractivity contribution in [2.24, 2.45) is 0 Å². The molecular formula is C21H15ClFNO4. The molecule has 0 aromatic heterocycles. The lowest BCUT2D eigenvalue weighted by atomic mass is 10.2. The molecule has 3 aromatic rings. The largest absolute Gasteiger partial charge is 0.457 e. The van der Waals surface area contributed by atoms with Crippen LogP contribution in [0.4, 0.5) is 10.1 Å². The van der Waals surface area contributed by atoms with E-state index in [1.165, 1.54) is 18.2 Å². The van der Waals surface area contributed by atoms with E-state index in [0.717, 1.165) is 6.07 Å². The van der Waals surface area contributed by atoms with Gasteiger partial charge in [-0.25, -0.2) is 9.18 Å². The van der Waals surface area contributed by atoms with Gasteiger partial charge in [0.25, 0.3) is 5.91 Å². The van der Waals surface area contributed by atoms with Gasteiger partial charge in [-0.15, -0.1) is 0 Å². The number of halogens is 2. The molecule has 28 heavy (non-hydrogen) atoms. The first-order valence-corrected chi connectivity index (χ1v) is 8.64. The Bertz CT molecular complexity index is 995. The molecule has 0 spiro atoms. The number of hydrogen-bond acceptors (Lipinski definition) is 4. The zero-order valence-corrected chi connectivity index (χ0v) is 15.3. The Kier molecular flexibility index (Phi) is 6.24. The predicted octanol–water partition coefficient (Wildman–Crippen LogP) is 5.07. The smallest absolute Gasteiger partial charge is 0.338 e. The van der Waals surface area contributed by atoms with Gasteiger partial charge in [0.1, 0.15) is 17.3 Å². The van der Waals surface area contributed by atoms with Crippen LogP contribution in [0.15, 0.2) is 72.8 Å². The van der Waals surface area contributed by atoms with Gasteiger partial charge in [-0.3, -0.25) is 4.79 Å². The van der Waals surface area contributed by atoms with E-state index >= 15 is 0 Å².